The van der Waals surface area contributed by atoms with Crippen molar-refractivity contribution in [3.63, 3.8) is 0 Å². The van der Waals surface area contributed by atoms with Gasteiger partial charge in [-0.15, -0.1) is 0 Å². The van der Waals surface area contributed by atoms with Gasteiger partial charge in [-0.2, -0.15) is 0 Å². The maximum Gasteiger partial charge on any atom is 0.337 e. The largest absolute Gasteiger partial charge is 0.478 e. The molecule has 1 aromatic carbocycles. The highest BCUT2D eigenvalue weighted by Gasteiger charge is 2.21. The molecule has 19 heavy (non-hydrogen) atoms. The van der Waals surface area contributed by atoms with Crippen LogP contribution in [0.15, 0.2) is 17.0 Å². The first-order chi connectivity index (χ1) is 8.79. The Balaban J connectivity index is 3.17. The van der Waals surface area contributed by atoms with E-state index in [0.717, 1.165) is 25.0 Å². The summed E-state index contributed by atoms with van der Waals surface area (Å²) in [7, 11) is -3.69. The van der Waals surface area contributed by atoms with Gasteiger partial charge in [0.25, 0.3) is 0 Å². The van der Waals surface area contributed by atoms with Crippen LogP contribution in [0.25, 0.3) is 0 Å². The van der Waals surface area contributed by atoms with Crippen LogP contribution in [-0.4, -0.2) is 25.2 Å². The number of aromatic carboxylic acids is 1. The van der Waals surface area contributed by atoms with Gasteiger partial charge in [-0.3, -0.25) is 0 Å². The summed E-state index contributed by atoms with van der Waals surface area (Å²) in [5.41, 5.74) is -0.546. The standard InChI is InChI=1S/C12H14ClFO4S/c1-2-3-4-5-19(17,18)8-6-9(12(15)16)11(13)10(14)7-8/h6-7H,2-5H2,1H3,(H,15,16). The molecule has 0 saturated heterocycles. The van der Waals surface area contributed by atoms with Gasteiger partial charge in [-0.05, 0) is 18.6 Å². The van der Waals surface area contributed by atoms with E-state index in [4.69, 9.17) is 16.7 Å². The third-order valence-corrected chi connectivity index (χ3v) is 4.77. The Hall–Kier alpha value is -1.14. The SMILES string of the molecule is CCCCCS(=O)(=O)c1cc(F)c(Cl)c(C(=O)O)c1. The van der Waals surface area contributed by atoms with Gasteiger partial charge in [0.05, 0.1) is 21.2 Å². The summed E-state index contributed by atoms with van der Waals surface area (Å²) in [6.45, 7) is 1.93. The lowest BCUT2D eigenvalue weighted by molar-refractivity contribution is 0.0696. The number of sulfone groups is 1. The minimum absolute atomic E-state index is 0.138. The fraction of sp³-hybridized carbons (Fsp3) is 0.417. The maximum atomic E-state index is 13.5. The Morgan fingerprint density at radius 1 is 1.37 bits per heavy atom. The molecular formula is C12H14ClFO4S. The molecule has 0 atom stereocenters. The normalized spacial score (nSPS) is 11.5. The average Bonchev–Trinajstić information content (AvgIpc) is 2.32. The van der Waals surface area contributed by atoms with E-state index in [9.17, 15) is 17.6 Å². The number of hydrogen-bond acceptors (Lipinski definition) is 3. The molecule has 0 aliphatic carbocycles. The first-order valence-corrected chi connectivity index (χ1v) is 7.77. The number of halogens is 2. The molecule has 0 amide bonds. The van der Waals surface area contributed by atoms with E-state index in [-0.39, 0.29) is 10.6 Å². The van der Waals surface area contributed by atoms with Crippen molar-refractivity contribution in [2.75, 3.05) is 5.75 Å². The van der Waals surface area contributed by atoms with Crippen molar-refractivity contribution in [1.82, 2.24) is 0 Å². The Kier molecular flexibility index (Phi) is 5.31. The average molecular weight is 309 g/mol. The van der Waals surface area contributed by atoms with Crippen molar-refractivity contribution in [2.45, 2.75) is 31.1 Å². The Labute approximate surface area is 116 Å². The van der Waals surface area contributed by atoms with Gasteiger partial charge < -0.3 is 5.11 Å². The zero-order chi connectivity index (χ0) is 14.6. The summed E-state index contributed by atoms with van der Waals surface area (Å²) in [4.78, 5) is 10.5. The van der Waals surface area contributed by atoms with Crippen molar-refractivity contribution in [1.29, 1.82) is 0 Å². The Morgan fingerprint density at radius 3 is 2.53 bits per heavy atom. The van der Waals surface area contributed by atoms with Gasteiger partial charge in [0.1, 0.15) is 5.82 Å². The zero-order valence-corrected chi connectivity index (χ0v) is 11.9. The molecule has 4 nitrogen and oxygen atoms in total. The quantitative estimate of drug-likeness (QED) is 0.819. The van der Waals surface area contributed by atoms with Gasteiger partial charge in [0.2, 0.25) is 0 Å². The molecule has 1 rings (SSSR count). The van der Waals surface area contributed by atoms with Gasteiger partial charge in [-0.1, -0.05) is 31.4 Å². The molecule has 1 N–H and O–H groups in total. The summed E-state index contributed by atoms with van der Waals surface area (Å²) >= 11 is 5.49. The molecule has 0 aromatic heterocycles. The predicted molar refractivity (Wildman–Crippen MR) is 69.9 cm³/mol. The van der Waals surface area contributed by atoms with Crippen LogP contribution in [-0.2, 0) is 9.84 Å². The van der Waals surface area contributed by atoms with Crippen molar-refractivity contribution >= 4 is 27.4 Å². The summed E-state index contributed by atoms with van der Waals surface area (Å²) in [6.07, 6.45) is 2.04. The van der Waals surface area contributed by atoms with Crippen LogP contribution in [0.3, 0.4) is 0 Å². The van der Waals surface area contributed by atoms with Crippen LogP contribution in [0.5, 0.6) is 0 Å². The van der Waals surface area contributed by atoms with E-state index in [1.54, 1.807) is 0 Å². The second-order valence-electron chi connectivity index (χ2n) is 4.10. The molecule has 0 aliphatic heterocycles. The minimum Gasteiger partial charge on any atom is -0.478 e. The summed E-state index contributed by atoms with van der Waals surface area (Å²) < 4.78 is 37.3. The van der Waals surface area contributed by atoms with Crippen LogP contribution in [0.4, 0.5) is 4.39 Å². The summed E-state index contributed by atoms with van der Waals surface area (Å²) in [5.74, 6) is -2.65. The Morgan fingerprint density at radius 2 is 2.00 bits per heavy atom. The molecule has 106 valence electrons. The van der Waals surface area contributed by atoms with Crippen molar-refractivity contribution < 1.29 is 22.7 Å². The van der Waals surface area contributed by atoms with E-state index in [1.807, 2.05) is 6.92 Å². The van der Waals surface area contributed by atoms with Crippen LogP contribution in [0.1, 0.15) is 36.5 Å². The number of carboxylic acids is 1. The monoisotopic (exact) mass is 308 g/mol. The van der Waals surface area contributed by atoms with Crippen LogP contribution >= 0.6 is 11.6 Å². The Bertz CT molecular complexity index is 584. The van der Waals surface area contributed by atoms with Gasteiger partial charge in [0, 0.05) is 0 Å². The molecule has 0 fully saturated rings. The number of rotatable bonds is 6. The first kappa shape index (κ1) is 15.9. The zero-order valence-electron chi connectivity index (χ0n) is 10.3. The molecular weight excluding hydrogens is 295 g/mol. The molecule has 0 heterocycles. The smallest absolute Gasteiger partial charge is 0.337 e. The third kappa shape index (κ3) is 3.91. The van der Waals surface area contributed by atoms with Crippen molar-refractivity contribution in [3.05, 3.63) is 28.5 Å². The molecule has 0 spiro atoms. The second-order valence-corrected chi connectivity index (χ2v) is 6.58. The van der Waals surface area contributed by atoms with Gasteiger partial charge in [0.15, 0.2) is 9.84 Å². The number of carboxylic acid groups (broad SMARTS) is 1. The lowest BCUT2D eigenvalue weighted by Crippen LogP contribution is -2.10. The topological polar surface area (TPSA) is 71.4 Å². The van der Waals surface area contributed by atoms with Crippen molar-refractivity contribution in [2.24, 2.45) is 0 Å². The highest BCUT2D eigenvalue weighted by molar-refractivity contribution is 7.91. The lowest BCUT2D eigenvalue weighted by atomic mass is 10.2. The molecule has 0 unspecified atom stereocenters. The number of hydrogen-bond donors (Lipinski definition) is 1. The van der Waals surface area contributed by atoms with Gasteiger partial charge in [-0.25, -0.2) is 17.6 Å². The fourth-order valence-corrected chi connectivity index (χ4v) is 3.15. The molecule has 0 bridgehead atoms. The predicted octanol–water partition coefficient (Wildman–Crippen LogP) is 3.14. The van der Waals surface area contributed by atoms with E-state index < -0.39 is 32.2 Å². The third-order valence-electron chi connectivity index (χ3n) is 2.61. The highest BCUT2D eigenvalue weighted by atomic mass is 35.5. The number of unbranched alkanes of at least 4 members (excludes halogenated alkanes) is 2. The number of benzene rings is 1. The fourth-order valence-electron chi connectivity index (χ4n) is 1.56. The maximum absolute atomic E-state index is 13.5. The summed E-state index contributed by atoms with van der Waals surface area (Å²) in [6, 6.07) is 1.66. The molecule has 0 radical (unpaired) electrons. The van der Waals surface area contributed by atoms with Crippen LogP contribution in [0.2, 0.25) is 5.02 Å². The molecule has 0 aliphatic rings. The molecule has 0 saturated carbocycles. The van der Waals surface area contributed by atoms with Crippen LogP contribution < -0.4 is 0 Å². The first-order valence-electron chi connectivity index (χ1n) is 5.74. The summed E-state index contributed by atoms with van der Waals surface area (Å²) in [5, 5.41) is 8.27. The van der Waals surface area contributed by atoms with Crippen LogP contribution in [0, 0.1) is 5.82 Å². The highest BCUT2D eigenvalue weighted by Crippen LogP contribution is 2.25. The molecule has 1 aromatic rings. The van der Waals surface area contributed by atoms with E-state index >= 15 is 0 Å². The van der Waals surface area contributed by atoms with Crippen molar-refractivity contribution in [3.8, 4) is 0 Å². The molecule has 7 heteroatoms. The van der Waals surface area contributed by atoms with E-state index in [0.29, 0.717) is 6.42 Å². The van der Waals surface area contributed by atoms with E-state index in [2.05, 4.69) is 0 Å². The number of carbonyl (C=O) groups is 1. The van der Waals surface area contributed by atoms with E-state index in [1.165, 1.54) is 0 Å². The van der Waals surface area contributed by atoms with Gasteiger partial charge >= 0.3 is 5.97 Å². The second kappa shape index (κ2) is 6.34. The minimum atomic E-state index is -3.69. The lowest BCUT2D eigenvalue weighted by Gasteiger charge is -2.07.